The maximum absolute atomic E-state index is 6.26. The van der Waals surface area contributed by atoms with Crippen LogP contribution in [0.1, 0.15) is 0 Å². The molecule has 108 valence electrons. The number of hydrogen-bond acceptors (Lipinski definition) is 0. The summed E-state index contributed by atoms with van der Waals surface area (Å²) in [5.41, 5.74) is 25.1. The van der Waals surface area contributed by atoms with E-state index in [0.717, 1.165) is 0 Å². The third-order valence-corrected chi connectivity index (χ3v) is 0.250. The van der Waals surface area contributed by atoms with Crippen molar-refractivity contribution in [2.24, 2.45) is 0 Å². The Kier molecular flexibility index (Phi) is 520. The number of halogens is 6. The Hall–Kier alpha value is 2.83. The van der Waals surface area contributed by atoms with Gasteiger partial charge in [0.15, 0.2) is 0 Å². The average molecular weight is 533 g/mol. The predicted octanol–water partition coefficient (Wildman–Crippen LogP) is -8.96. The van der Waals surface area contributed by atoms with Crippen molar-refractivity contribution in [1.29, 1.82) is 0 Å². The van der Waals surface area contributed by atoms with Crippen LogP contribution in [0.25, 0.3) is 22.9 Å². The second-order valence-corrected chi connectivity index (χ2v) is 1.000. The Morgan fingerprint density at radius 2 is 0.500 bits per heavy atom. The minimum Gasteiger partial charge on any atom is -1.00 e. The van der Waals surface area contributed by atoms with Crippen molar-refractivity contribution in [3.05, 3.63) is 22.9 Å². The van der Waals surface area contributed by atoms with Crippen LogP contribution in [0.15, 0.2) is 0 Å². The fourth-order valence-corrected chi connectivity index (χ4v) is 0. The standard InChI is InChI=1S/2C2H6N2.6ClH.2Ru/c2*3-1-2-4;;;;;;;;/h2*3-4H,1-2H2;6*1H;;/q2*-2;;;;;;;2*+4/p-4. The smallest absolute Gasteiger partial charge is 1.00 e. The largest absolute Gasteiger partial charge is 4.00 e. The Labute approximate surface area is 161 Å². The van der Waals surface area contributed by atoms with Crippen LogP contribution >= 0.6 is 24.8 Å². The van der Waals surface area contributed by atoms with Crippen LogP contribution in [-0.4, -0.2) is 26.2 Å². The molecule has 0 unspecified atom stereocenters. The molecule has 0 saturated carbocycles. The maximum Gasteiger partial charge on any atom is 4.00 e. The molecular formula is C4H14Cl6N4Ru2. The van der Waals surface area contributed by atoms with E-state index < -0.39 is 0 Å². The second-order valence-electron chi connectivity index (χ2n) is 1.000. The van der Waals surface area contributed by atoms with Gasteiger partial charge < -0.3 is 72.6 Å². The zero-order chi connectivity index (χ0) is 6.83. The van der Waals surface area contributed by atoms with Crippen molar-refractivity contribution in [3.63, 3.8) is 0 Å². The molecule has 0 aromatic rings. The molecule has 4 N–H and O–H groups in total. The molecule has 0 aliphatic carbocycles. The molecule has 0 bridgehead atoms. The monoisotopic (exact) mass is 532 g/mol. The summed E-state index contributed by atoms with van der Waals surface area (Å²) in [6.45, 7) is 0.944. The van der Waals surface area contributed by atoms with Gasteiger partial charge in [0.1, 0.15) is 0 Å². The van der Waals surface area contributed by atoms with Gasteiger partial charge in [-0.1, -0.05) is 0 Å². The van der Waals surface area contributed by atoms with E-state index in [0.29, 0.717) is 0 Å². The van der Waals surface area contributed by atoms with Gasteiger partial charge in [0.05, 0.1) is 0 Å². The second kappa shape index (κ2) is 108. The number of nitrogens with one attached hydrogen (secondary N) is 4. The minimum absolute atomic E-state index is 0. The van der Waals surface area contributed by atoms with Gasteiger partial charge in [0.25, 0.3) is 0 Å². The molecule has 0 aromatic carbocycles. The van der Waals surface area contributed by atoms with Crippen LogP contribution in [0.3, 0.4) is 0 Å². The predicted molar refractivity (Wildman–Crippen MR) is 51.3 cm³/mol. The van der Waals surface area contributed by atoms with Gasteiger partial charge in [-0.2, -0.15) is 26.2 Å². The van der Waals surface area contributed by atoms with E-state index in [2.05, 4.69) is 0 Å². The van der Waals surface area contributed by atoms with Crippen molar-refractivity contribution in [2.45, 2.75) is 0 Å². The summed E-state index contributed by atoms with van der Waals surface area (Å²) in [5.74, 6) is 0. The van der Waals surface area contributed by atoms with Crippen LogP contribution < -0.4 is 49.6 Å². The van der Waals surface area contributed by atoms with Crippen molar-refractivity contribution >= 4 is 24.8 Å². The van der Waals surface area contributed by atoms with Gasteiger partial charge in [-0.05, 0) is 0 Å². The van der Waals surface area contributed by atoms with Gasteiger partial charge in [0.2, 0.25) is 0 Å². The molecule has 4 nitrogen and oxygen atoms in total. The summed E-state index contributed by atoms with van der Waals surface area (Å²) in [6, 6.07) is 0. The first-order valence-corrected chi connectivity index (χ1v) is 2.41. The molecule has 12 heteroatoms. The molecular weight excluding hydrogens is 519 g/mol. The van der Waals surface area contributed by atoms with Gasteiger partial charge in [-0.25, -0.2) is 0 Å². The molecule has 0 spiro atoms. The molecule has 0 atom stereocenters. The third-order valence-electron chi connectivity index (χ3n) is 0.250. The molecule has 0 aliphatic rings. The van der Waals surface area contributed by atoms with Gasteiger partial charge in [0, 0.05) is 0 Å². The summed E-state index contributed by atoms with van der Waals surface area (Å²) in [5, 5.41) is 0. The Balaban J connectivity index is -0.00000000375. The number of hydrogen-bond donors (Lipinski definition) is 0. The SMILES string of the molecule is Cl.Cl.[Cl-].[Cl-].[Cl-].[Cl-].[NH-]CC[NH-].[NH-]CC[NH-].[Ru+4].[Ru+4]. The molecule has 0 saturated heterocycles. The summed E-state index contributed by atoms with van der Waals surface area (Å²) in [7, 11) is 0. The van der Waals surface area contributed by atoms with Crippen molar-refractivity contribution in [1.82, 2.24) is 0 Å². The van der Waals surface area contributed by atoms with E-state index in [9.17, 15) is 0 Å². The van der Waals surface area contributed by atoms with E-state index in [-0.39, 0.29) is 140 Å². The van der Waals surface area contributed by atoms with Crippen LogP contribution in [0.2, 0.25) is 0 Å². The van der Waals surface area contributed by atoms with E-state index in [4.69, 9.17) is 22.9 Å². The van der Waals surface area contributed by atoms with Crippen LogP contribution in [-0.2, 0) is 39.0 Å². The Bertz CT molecular complexity index is 38.5. The Morgan fingerprint density at radius 3 is 0.500 bits per heavy atom. The molecule has 0 aliphatic heterocycles. The normalized spacial score (nSPS) is 3.75. The zero-order valence-corrected chi connectivity index (χ0v) is 16.0. The van der Waals surface area contributed by atoms with Crippen LogP contribution in [0.4, 0.5) is 0 Å². The minimum atomic E-state index is 0. The van der Waals surface area contributed by atoms with Crippen molar-refractivity contribution in [3.8, 4) is 0 Å². The first-order chi connectivity index (χ1) is 3.83. The van der Waals surface area contributed by atoms with Crippen molar-refractivity contribution < 1.29 is 88.6 Å². The summed E-state index contributed by atoms with van der Waals surface area (Å²) in [6.07, 6.45) is 0. The summed E-state index contributed by atoms with van der Waals surface area (Å²) >= 11 is 0. The van der Waals surface area contributed by atoms with E-state index in [1.54, 1.807) is 0 Å². The van der Waals surface area contributed by atoms with Gasteiger partial charge in [-0.15, -0.1) is 24.8 Å². The van der Waals surface area contributed by atoms with Crippen molar-refractivity contribution in [2.75, 3.05) is 26.2 Å². The fraction of sp³-hybridized carbons (Fsp3) is 1.00. The molecule has 0 amide bonds. The first kappa shape index (κ1) is 76.8. The average Bonchev–Trinajstić information content (AvgIpc) is 1.88. The fourth-order valence-electron chi connectivity index (χ4n) is 0. The van der Waals surface area contributed by atoms with Crippen LogP contribution in [0, 0.1) is 0 Å². The zero-order valence-electron chi connectivity index (χ0n) is 7.86. The van der Waals surface area contributed by atoms with E-state index in [1.807, 2.05) is 0 Å². The molecule has 16 heavy (non-hydrogen) atoms. The molecule has 0 radical (unpaired) electrons. The summed E-state index contributed by atoms with van der Waals surface area (Å²) < 4.78 is 0. The maximum atomic E-state index is 6.26. The van der Waals surface area contributed by atoms with Gasteiger partial charge in [-0.3, -0.25) is 0 Å². The van der Waals surface area contributed by atoms with Crippen LogP contribution in [0.5, 0.6) is 0 Å². The Morgan fingerprint density at radius 1 is 0.438 bits per heavy atom. The van der Waals surface area contributed by atoms with E-state index in [1.165, 1.54) is 0 Å². The first-order valence-electron chi connectivity index (χ1n) is 2.41. The topological polar surface area (TPSA) is 95.2 Å². The number of rotatable bonds is 2. The molecule has 0 rings (SSSR count). The molecule has 0 fully saturated rings. The van der Waals surface area contributed by atoms with Gasteiger partial charge >= 0.3 is 39.0 Å². The third kappa shape index (κ3) is 181. The summed E-state index contributed by atoms with van der Waals surface area (Å²) in [4.78, 5) is 0. The van der Waals surface area contributed by atoms with E-state index >= 15 is 0 Å². The quantitative estimate of drug-likeness (QED) is 0.316. The molecule has 0 aromatic heterocycles. The molecule has 0 heterocycles.